The molecule has 136 valence electrons. The van der Waals surface area contributed by atoms with Crippen LogP contribution in [0.1, 0.15) is 22.8 Å². The Morgan fingerprint density at radius 3 is 2.88 bits per heavy atom. The summed E-state index contributed by atoms with van der Waals surface area (Å²) < 4.78 is 10.8. The van der Waals surface area contributed by atoms with E-state index in [2.05, 4.69) is 31.4 Å². The number of nitrogens with one attached hydrogen (secondary N) is 1. The molecule has 1 aromatic heterocycles. The quantitative estimate of drug-likeness (QED) is 0.309. The lowest BCUT2D eigenvalue weighted by atomic mass is 10.2. The first-order valence-electron chi connectivity index (χ1n) is 7.53. The molecule has 0 saturated carbocycles. The van der Waals surface area contributed by atoms with Crippen LogP contribution in [0.15, 0.2) is 46.1 Å². The monoisotopic (exact) mass is 439 g/mol. The predicted octanol–water partition coefficient (Wildman–Crippen LogP) is 3.20. The molecule has 0 fully saturated rings. The smallest absolute Gasteiger partial charge is 0.344 e. The molecule has 0 radical (unpaired) electrons. The van der Waals surface area contributed by atoms with Crippen LogP contribution in [0.3, 0.4) is 0 Å². The number of halogens is 2. The maximum Gasteiger partial charge on any atom is 0.344 e. The van der Waals surface area contributed by atoms with Crippen molar-refractivity contribution in [3.8, 4) is 5.75 Å². The van der Waals surface area contributed by atoms with Crippen LogP contribution in [-0.2, 0) is 9.53 Å². The summed E-state index contributed by atoms with van der Waals surface area (Å²) in [5.41, 5.74) is 3.31. The zero-order valence-corrected chi connectivity index (χ0v) is 16.1. The number of hydrazone groups is 1. The fraction of sp³-hybridized carbons (Fsp3) is 0.176. The predicted molar refractivity (Wildman–Crippen MR) is 101 cm³/mol. The van der Waals surface area contributed by atoms with Gasteiger partial charge in [-0.05, 0) is 58.7 Å². The van der Waals surface area contributed by atoms with Gasteiger partial charge in [-0.3, -0.25) is 4.79 Å². The van der Waals surface area contributed by atoms with Crippen molar-refractivity contribution in [2.45, 2.75) is 6.92 Å². The molecule has 1 N–H and O–H groups in total. The largest absolute Gasteiger partial charge is 0.481 e. The first kappa shape index (κ1) is 19.9. The van der Waals surface area contributed by atoms with Crippen molar-refractivity contribution in [2.75, 3.05) is 13.2 Å². The van der Waals surface area contributed by atoms with Crippen LogP contribution in [0, 0.1) is 0 Å². The molecule has 0 aliphatic heterocycles. The zero-order valence-electron chi connectivity index (χ0n) is 13.7. The first-order valence-corrected chi connectivity index (χ1v) is 8.70. The number of nitrogens with zero attached hydrogens (tertiary/aromatic N) is 2. The summed E-state index contributed by atoms with van der Waals surface area (Å²) in [5, 5.41) is 3.98. The fourth-order valence-corrected chi connectivity index (χ4v) is 2.55. The van der Waals surface area contributed by atoms with Crippen molar-refractivity contribution in [3.05, 3.63) is 57.3 Å². The van der Waals surface area contributed by atoms with E-state index in [1.54, 1.807) is 37.3 Å². The highest BCUT2D eigenvalue weighted by atomic mass is 79.9. The summed E-state index contributed by atoms with van der Waals surface area (Å²) >= 11 is 9.20. The Balaban J connectivity index is 1.94. The second-order valence-corrected chi connectivity index (χ2v) is 6.04. The highest BCUT2D eigenvalue weighted by Gasteiger charge is 2.09. The average Bonchev–Trinajstić information content (AvgIpc) is 2.61. The van der Waals surface area contributed by atoms with Crippen LogP contribution < -0.4 is 10.2 Å². The second-order valence-electron chi connectivity index (χ2n) is 4.82. The lowest BCUT2D eigenvalue weighted by molar-refractivity contribution is -0.145. The molecule has 1 heterocycles. The van der Waals surface area contributed by atoms with E-state index in [1.807, 2.05) is 0 Å². The summed E-state index contributed by atoms with van der Waals surface area (Å²) in [6.07, 6.45) is 2.95. The van der Waals surface area contributed by atoms with E-state index in [0.29, 0.717) is 22.4 Å². The molecule has 2 rings (SSSR count). The van der Waals surface area contributed by atoms with E-state index < -0.39 is 11.9 Å². The zero-order chi connectivity index (χ0) is 18.9. The van der Waals surface area contributed by atoms with Gasteiger partial charge in [0.1, 0.15) is 10.9 Å². The van der Waals surface area contributed by atoms with Gasteiger partial charge in [0.05, 0.1) is 22.9 Å². The molecule has 0 aliphatic rings. The van der Waals surface area contributed by atoms with Crippen molar-refractivity contribution in [1.29, 1.82) is 0 Å². The minimum Gasteiger partial charge on any atom is -0.481 e. The molecule has 1 aromatic carbocycles. The Kier molecular flexibility index (Phi) is 7.55. The van der Waals surface area contributed by atoms with E-state index in [-0.39, 0.29) is 17.3 Å². The average molecular weight is 441 g/mol. The third-order valence-corrected chi connectivity index (χ3v) is 3.91. The number of ether oxygens (including phenoxy) is 2. The normalized spacial score (nSPS) is 10.6. The number of benzene rings is 1. The Labute approximate surface area is 163 Å². The first-order chi connectivity index (χ1) is 12.5. The van der Waals surface area contributed by atoms with Crippen molar-refractivity contribution in [2.24, 2.45) is 5.10 Å². The van der Waals surface area contributed by atoms with Gasteiger partial charge < -0.3 is 9.47 Å². The second kappa shape index (κ2) is 9.88. The van der Waals surface area contributed by atoms with Crippen molar-refractivity contribution < 1.29 is 19.1 Å². The van der Waals surface area contributed by atoms with E-state index in [9.17, 15) is 9.59 Å². The number of hydrogen-bond donors (Lipinski definition) is 1. The number of carbonyl (C=O) groups is 2. The third kappa shape index (κ3) is 5.82. The summed E-state index contributed by atoms with van der Waals surface area (Å²) in [7, 11) is 0. The lowest BCUT2D eigenvalue weighted by Gasteiger charge is -2.08. The van der Waals surface area contributed by atoms with Gasteiger partial charge in [-0.15, -0.1) is 0 Å². The molecule has 0 bridgehead atoms. The van der Waals surface area contributed by atoms with Crippen molar-refractivity contribution in [3.63, 3.8) is 0 Å². The molecule has 7 nitrogen and oxygen atoms in total. The molecule has 0 saturated heterocycles. The standard InChI is InChI=1S/C17H15BrClN3O4/c1-2-25-15(23)10-26-14-6-5-11(8-13(14)18)9-21-22-17(24)12-4-3-7-20-16(12)19/h3-9H,2,10H2,1H3,(H,22,24). The summed E-state index contributed by atoms with van der Waals surface area (Å²) in [4.78, 5) is 27.1. The maximum absolute atomic E-state index is 12.0. The molecular formula is C17H15BrClN3O4. The van der Waals surface area contributed by atoms with Gasteiger partial charge in [0.2, 0.25) is 0 Å². The topological polar surface area (TPSA) is 89.9 Å². The SMILES string of the molecule is CCOC(=O)COc1ccc(C=NNC(=O)c2cccnc2Cl)cc1Br. The molecule has 0 unspecified atom stereocenters. The maximum atomic E-state index is 12.0. The molecule has 0 aliphatic carbocycles. The van der Waals surface area contributed by atoms with Crippen molar-refractivity contribution >= 4 is 45.6 Å². The minimum atomic E-state index is -0.465. The van der Waals surface area contributed by atoms with E-state index in [4.69, 9.17) is 21.1 Å². The molecule has 0 spiro atoms. The molecule has 26 heavy (non-hydrogen) atoms. The Bertz CT molecular complexity index is 829. The number of rotatable bonds is 7. The van der Waals surface area contributed by atoms with Gasteiger partial charge >= 0.3 is 5.97 Å². The van der Waals surface area contributed by atoms with Gasteiger partial charge in [0.15, 0.2) is 6.61 Å². The Morgan fingerprint density at radius 2 is 2.19 bits per heavy atom. The van der Waals surface area contributed by atoms with E-state index in [1.165, 1.54) is 12.4 Å². The van der Waals surface area contributed by atoms with Gasteiger partial charge in [-0.25, -0.2) is 15.2 Å². The number of hydrogen-bond acceptors (Lipinski definition) is 6. The van der Waals surface area contributed by atoms with Gasteiger partial charge in [0, 0.05) is 6.20 Å². The summed E-state index contributed by atoms with van der Waals surface area (Å²) in [5.74, 6) is -0.420. The summed E-state index contributed by atoms with van der Waals surface area (Å²) in [6.45, 7) is 1.85. The van der Waals surface area contributed by atoms with E-state index >= 15 is 0 Å². The molecule has 1 amide bonds. The third-order valence-electron chi connectivity index (χ3n) is 2.99. The number of amides is 1. The number of pyridine rings is 1. The molecule has 9 heteroatoms. The van der Waals surface area contributed by atoms with Gasteiger partial charge in [-0.1, -0.05) is 11.6 Å². The molecule has 0 atom stereocenters. The van der Waals surface area contributed by atoms with Crippen molar-refractivity contribution in [1.82, 2.24) is 10.4 Å². The number of carbonyl (C=O) groups excluding carboxylic acids is 2. The lowest BCUT2D eigenvalue weighted by Crippen LogP contribution is -2.18. The number of aromatic nitrogens is 1. The van der Waals surface area contributed by atoms with Gasteiger partial charge in [-0.2, -0.15) is 5.10 Å². The summed E-state index contributed by atoms with van der Waals surface area (Å²) in [6, 6.07) is 8.28. The van der Waals surface area contributed by atoms with Crippen LogP contribution in [0.25, 0.3) is 0 Å². The molecule has 2 aromatic rings. The number of esters is 1. The highest BCUT2D eigenvalue weighted by Crippen LogP contribution is 2.25. The van der Waals surface area contributed by atoms with Crippen LogP contribution in [0.4, 0.5) is 0 Å². The van der Waals surface area contributed by atoms with Crippen LogP contribution in [0.5, 0.6) is 5.75 Å². The van der Waals surface area contributed by atoms with Gasteiger partial charge in [0.25, 0.3) is 5.91 Å². The van der Waals surface area contributed by atoms with Crippen LogP contribution in [-0.4, -0.2) is 36.3 Å². The van der Waals surface area contributed by atoms with E-state index in [0.717, 1.165) is 0 Å². The Hall–Kier alpha value is -2.45. The minimum absolute atomic E-state index is 0.103. The fourth-order valence-electron chi connectivity index (χ4n) is 1.83. The van der Waals surface area contributed by atoms with Crippen LogP contribution in [0.2, 0.25) is 5.15 Å². The highest BCUT2D eigenvalue weighted by molar-refractivity contribution is 9.10. The Morgan fingerprint density at radius 1 is 1.38 bits per heavy atom. The molecular weight excluding hydrogens is 426 g/mol. The van der Waals surface area contributed by atoms with Crippen LogP contribution >= 0.6 is 27.5 Å².